The number of halogens is 1. The molecule has 0 saturated heterocycles. The summed E-state index contributed by atoms with van der Waals surface area (Å²) in [6.07, 6.45) is 2.84. The zero-order valence-corrected chi connectivity index (χ0v) is 9.25. The molecule has 1 rings (SSSR count). The predicted molar refractivity (Wildman–Crippen MR) is 59.4 cm³/mol. The Morgan fingerprint density at radius 1 is 1.33 bits per heavy atom. The summed E-state index contributed by atoms with van der Waals surface area (Å²) in [6.45, 7) is 0. The van der Waals surface area contributed by atoms with Gasteiger partial charge in [0.2, 0.25) is 5.24 Å². The van der Waals surface area contributed by atoms with Crippen LogP contribution in [0, 0.1) is 0 Å². The van der Waals surface area contributed by atoms with E-state index in [1.165, 1.54) is 6.08 Å². The van der Waals surface area contributed by atoms with Gasteiger partial charge in [0.15, 0.2) is 0 Å². The molecule has 0 saturated carbocycles. The first kappa shape index (κ1) is 11.6. The summed E-state index contributed by atoms with van der Waals surface area (Å²) in [5.41, 5.74) is 0.742. The van der Waals surface area contributed by atoms with Crippen molar-refractivity contribution in [3.05, 3.63) is 29.8 Å². The number of allylic oxidation sites excluding steroid dienone is 1. The van der Waals surface area contributed by atoms with Gasteiger partial charge in [0.05, 0.1) is 14.2 Å². The zero-order chi connectivity index (χ0) is 11.3. The van der Waals surface area contributed by atoms with Gasteiger partial charge in [-0.3, -0.25) is 4.79 Å². The van der Waals surface area contributed by atoms with Gasteiger partial charge in [-0.15, -0.1) is 0 Å². The highest BCUT2D eigenvalue weighted by molar-refractivity contribution is 6.66. The highest BCUT2D eigenvalue weighted by Crippen LogP contribution is 2.25. The van der Waals surface area contributed by atoms with Gasteiger partial charge in [-0.1, -0.05) is 0 Å². The quantitative estimate of drug-likeness (QED) is 0.585. The third-order valence-electron chi connectivity index (χ3n) is 1.83. The molecule has 0 bridgehead atoms. The maximum atomic E-state index is 10.6. The summed E-state index contributed by atoms with van der Waals surface area (Å²) in [5, 5.41) is -0.528. The van der Waals surface area contributed by atoms with Crippen LogP contribution in [-0.4, -0.2) is 19.5 Å². The van der Waals surface area contributed by atoms with E-state index >= 15 is 0 Å². The van der Waals surface area contributed by atoms with Crippen molar-refractivity contribution in [2.75, 3.05) is 14.2 Å². The Bertz CT molecular complexity index is 385. The molecule has 0 amide bonds. The van der Waals surface area contributed by atoms with Crippen LogP contribution in [0.1, 0.15) is 5.56 Å². The molecule has 0 spiro atoms. The lowest BCUT2D eigenvalue weighted by Crippen LogP contribution is -1.89. The Hall–Kier alpha value is -1.48. The molecule has 0 aliphatic rings. The Balaban J connectivity index is 3.06. The van der Waals surface area contributed by atoms with Crippen molar-refractivity contribution in [2.24, 2.45) is 0 Å². The second kappa shape index (κ2) is 5.41. The first-order chi connectivity index (χ1) is 7.17. The Morgan fingerprint density at radius 3 is 2.60 bits per heavy atom. The fourth-order valence-corrected chi connectivity index (χ4v) is 1.19. The molecule has 0 aliphatic heterocycles. The molecule has 0 fully saturated rings. The molecule has 0 aromatic heterocycles. The molecular formula is C11H11ClO3. The van der Waals surface area contributed by atoms with E-state index in [0.717, 1.165) is 5.56 Å². The molecule has 80 valence electrons. The maximum Gasteiger partial charge on any atom is 0.245 e. The molecule has 4 heteroatoms. The second-order valence-electron chi connectivity index (χ2n) is 2.75. The van der Waals surface area contributed by atoms with Gasteiger partial charge in [-0.05, 0) is 42.0 Å². The van der Waals surface area contributed by atoms with Crippen molar-refractivity contribution in [2.45, 2.75) is 0 Å². The van der Waals surface area contributed by atoms with Crippen LogP contribution in [-0.2, 0) is 4.79 Å². The van der Waals surface area contributed by atoms with Crippen LogP contribution in [0.25, 0.3) is 6.08 Å². The summed E-state index contributed by atoms with van der Waals surface area (Å²) in [5.74, 6) is 1.35. The molecule has 1 aromatic rings. The third-order valence-corrected chi connectivity index (χ3v) is 1.96. The average molecular weight is 227 g/mol. The minimum atomic E-state index is -0.528. The molecule has 0 N–H and O–H groups in total. The molecule has 1 aromatic carbocycles. The lowest BCUT2D eigenvalue weighted by atomic mass is 10.2. The van der Waals surface area contributed by atoms with Gasteiger partial charge in [0, 0.05) is 5.56 Å². The van der Waals surface area contributed by atoms with E-state index in [0.29, 0.717) is 11.5 Å². The normalized spacial score (nSPS) is 10.3. The molecule has 0 heterocycles. The minimum absolute atomic E-state index is 0.528. The van der Waals surface area contributed by atoms with Gasteiger partial charge in [-0.2, -0.15) is 0 Å². The maximum absolute atomic E-state index is 10.6. The molecule has 0 unspecified atom stereocenters. The van der Waals surface area contributed by atoms with Gasteiger partial charge in [-0.25, -0.2) is 0 Å². The fourth-order valence-electron chi connectivity index (χ4n) is 1.12. The summed E-state index contributed by atoms with van der Waals surface area (Å²) in [4.78, 5) is 10.6. The number of hydrogen-bond acceptors (Lipinski definition) is 3. The van der Waals surface area contributed by atoms with Gasteiger partial charge in [0.25, 0.3) is 0 Å². The molecule has 0 aliphatic carbocycles. The second-order valence-corrected chi connectivity index (χ2v) is 3.12. The lowest BCUT2D eigenvalue weighted by Gasteiger charge is -2.06. The van der Waals surface area contributed by atoms with E-state index in [9.17, 15) is 4.79 Å². The number of rotatable bonds is 4. The van der Waals surface area contributed by atoms with Crippen molar-refractivity contribution in [3.8, 4) is 11.5 Å². The van der Waals surface area contributed by atoms with E-state index < -0.39 is 5.24 Å². The number of carbonyl (C=O) groups excluding carboxylic acids is 1. The molecule has 0 atom stereocenters. The fraction of sp³-hybridized carbons (Fsp3) is 0.182. The number of methoxy groups -OCH3 is 2. The number of carbonyl (C=O) groups is 1. The topological polar surface area (TPSA) is 35.5 Å². The van der Waals surface area contributed by atoms with Crippen LogP contribution in [0.3, 0.4) is 0 Å². The van der Waals surface area contributed by atoms with Crippen LogP contribution in [0.4, 0.5) is 0 Å². The van der Waals surface area contributed by atoms with Crippen LogP contribution >= 0.6 is 11.6 Å². The standard InChI is InChI=1S/C11H11ClO3/c1-14-9-4-5-10(15-2)8(7-9)3-6-11(12)13/h3-7H,1-2H3/b6-3+. The summed E-state index contributed by atoms with van der Waals surface area (Å²) in [6, 6.07) is 5.30. The van der Waals surface area contributed by atoms with Crippen LogP contribution in [0.15, 0.2) is 24.3 Å². The van der Waals surface area contributed by atoms with Crippen molar-refractivity contribution in [1.82, 2.24) is 0 Å². The monoisotopic (exact) mass is 226 g/mol. The summed E-state index contributed by atoms with van der Waals surface area (Å²) < 4.78 is 10.2. The first-order valence-electron chi connectivity index (χ1n) is 4.27. The first-order valence-corrected chi connectivity index (χ1v) is 4.64. The summed E-state index contributed by atoms with van der Waals surface area (Å²) >= 11 is 5.20. The largest absolute Gasteiger partial charge is 0.497 e. The Morgan fingerprint density at radius 2 is 2.07 bits per heavy atom. The van der Waals surface area contributed by atoms with Crippen LogP contribution in [0.5, 0.6) is 11.5 Å². The average Bonchev–Trinajstić information content (AvgIpc) is 2.25. The van der Waals surface area contributed by atoms with Crippen molar-refractivity contribution in [1.29, 1.82) is 0 Å². The van der Waals surface area contributed by atoms with E-state index in [1.807, 2.05) is 0 Å². The zero-order valence-electron chi connectivity index (χ0n) is 8.49. The van der Waals surface area contributed by atoms with E-state index in [4.69, 9.17) is 21.1 Å². The Labute approximate surface area is 93.3 Å². The number of benzene rings is 1. The SMILES string of the molecule is COc1ccc(OC)c(/C=C/C(=O)Cl)c1. The van der Waals surface area contributed by atoms with E-state index in [2.05, 4.69) is 0 Å². The molecule has 15 heavy (non-hydrogen) atoms. The van der Waals surface area contributed by atoms with E-state index in [-0.39, 0.29) is 0 Å². The van der Waals surface area contributed by atoms with Gasteiger partial charge in [0.1, 0.15) is 11.5 Å². The minimum Gasteiger partial charge on any atom is -0.497 e. The van der Waals surface area contributed by atoms with Crippen molar-refractivity contribution < 1.29 is 14.3 Å². The van der Waals surface area contributed by atoms with E-state index in [1.54, 1.807) is 38.5 Å². The number of ether oxygens (including phenoxy) is 2. The summed E-state index contributed by atoms with van der Waals surface area (Å²) in [7, 11) is 3.13. The Kier molecular flexibility index (Phi) is 4.18. The van der Waals surface area contributed by atoms with Gasteiger partial charge >= 0.3 is 0 Å². The number of hydrogen-bond donors (Lipinski definition) is 0. The third kappa shape index (κ3) is 3.29. The predicted octanol–water partition coefficient (Wildman–Crippen LogP) is 2.48. The smallest absolute Gasteiger partial charge is 0.245 e. The van der Waals surface area contributed by atoms with Crippen molar-refractivity contribution >= 4 is 22.9 Å². The molecule has 0 radical (unpaired) electrons. The molecule has 3 nitrogen and oxygen atoms in total. The van der Waals surface area contributed by atoms with Crippen LogP contribution in [0.2, 0.25) is 0 Å². The van der Waals surface area contributed by atoms with Crippen molar-refractivity contribution in [3.63, 3.8) is 0 Å². The highest BCUT2D eigenvalue weighted by Gasteiger charge is 2.01. The highest BCUT2D eigenvalue weighted by atomic mass is 35.5. The van der Waals surface area contributed by atoms with Gasteiger partial charge < -0.3 is 9.47 Å². The molecular weight excluding hydrogens is 216 g/mol. The van der Waals surface area contributed by atoms with Crippen LogP contribution < -0.4 is 9.47 Å². The lowest BCUT2D eigenvalue weighted by molar-refractivity contribution is -0.107.